The Kier molecular flexibility index (Phi) is 7.91. The molecule has 0 bridgehead atoms. The van der Waals surface area contributed by atoms with E-state index in [2.05, 4.69) is 10.2 Å². The van der Waals surface area contributed by atoms with Crippen LogP contribution in [0.4, 0.5) is 0 Å². The fraction of sp³-hybridized carbons (Fsp3) is 0.412. The van der Waals surface area contributed by atoms with Gasteiger partial charge in [-0.2, -0.15) is 5.26 Å². The smallest absolute Gasteiger partial charge is 0.232 e. The molecule has 26 heavy (non-hydrogen) atoms. The Morgan fingerprint density at radius 3 is 2.77 bits per heavy atom. The number of rotatable bonds is 9. The summed E-state index contributed by atoms with van der Waals surface area (Å²) in [4.78, 5) is 13.7. The zero-order valence-corrected chi connectivity index (χ0v) is 16.3. The number of amides is 1. The van der Waals surface area contributed by atoms with Gasteiger partial charge in [0.25, 0.3) is 0 Å². The van der Waals surface area contributed by atoms with E-state index in [9.17, 15) is 4.79 Å². The molecule has 2 rings (SSSR count). The summed E-state index contributed by atoms with van der Waals surface area (Å²) >= 11 is 7.27. The van der Waals surface area contributed by atoms with Gasteiger partial charge in [0, 0.05) is 31.3 Å². The predicted octanol–water partition coefficient (Wildman–Crippen LogP) is 2.71. The lowest BCUT2D eigenvalue weighted by atomic mass is 10.2. The molecule has 0 aliphatic carbocycles. The van der Waals surface area contributed by atoms with Crippen molar-refractivity contribution < 1.29 is 9.53 Å². The zero-order valence-electron chi connectivity index (χ0n) is 14.7. The van der Waals surface area contributed by atoms with Crippen LogP contribution in [-0.2, 0) is 16.1 Å². The second kappa shape index (κ2) is 10.2. The molecule has 138 valence electrons. The monoisotopic (exact) mass is 393 g/mol. The molecule has 0 atom stereocenters. The fourth-order valence-electron chi connectivity index (χ4n) is 2.17. The lowest BCUT2D eigenvalue weighted by Gasteiger charge is -2.15. The number of hydrogen-bond acceptors (Lipinski definition) is 6. The predicted molar refractivity (Wildman–Crippen MR) is 101 cm³/mol. The van der Waals surface area contributed by atoms with Crippen molar-refractivity contribution in [2.45, 2.75) is 18.1 Å². The number of benzene rings is 1. The first-order valence-corrected chi connectivity index (χ1v) is 9.35. The summed E-state index contributed by atoms with van der Waals surface area (Å²) < 4.78 is 7.11. The van der Waals surface area contributed by atoms with E-state index in [1.54, 1.807) is 31.2 Å². The van der Waals surface area contributed by atoms with Crippen LogP contribution in [0.5, 0.6) is 0 Å². The van der Waals surface area contributed by atoms with E-state index in [0.29, 0.717) is 42.1 Å². The maximum absolute atomic E-state index is 12.2. The molecule has 0 spiro atoms. The average molecular weight is 394 g/mol. The molecule has 0 saturated heterocycles. The van der Waals surface area contributed by atoms with E-state index in [4.69, 9.17) is 21.6 Å². The minimum atomic E-state index is -0.0559. The molecule has 1 amide bonds. The lowest BCUT2D eigenvalue weighted by molar-refractivity contribution is -0.127. The largest absolute Gasteiger partial charge is 0.383 e. The van der Waals surface area contributed by atoms with Crippen molar-refractivity contribution in [3.05, 3.63) is 29.3 Å². The van der Waals surface area contributed by atoms with E-state index in [0.717, 1.165) is 5.56 Å². The molecule has 1 aromatic heterocycles. The summed E-state index contributed by atoms with van der Waals surface area (Å²) in [6.45, 7) is 1.49. The van der Waals surface area contributed by atoms with Crippen LogP contribution >= 0.6 is 23.4 Å². The Morgan fingerprint density at radius 1 is 1.38 bits per heavy atom. The van der Waals surface area contributed by atoms with Crippen molar-refractivity contribution in [3.63, 3.8) is 0 Å². The standard InChI is InChI=1S/C17H20ClN5O2S/c1-22(9-3-8-19)15(24)12-26-17-21-20-16(23(17)10-11-25-2)13-4-6-14(18)7-5-13/h4-7H,3,9-12H2,1-2H3. The van der Waals surface area contributed by atoms with E-state index < -0.39 is 0 Å². The van der Waals surface area contributed by atoms with Gasteiger partial charge in [-0.05, 0) is 24.3 Å². The number of carbonyl (C=O) groups is 1. The van der Waals surface area contributed by atoms with Crippen molar-refractivity contribution in [2.24, 2.45) is 0 Å². The van der Waals surface area contributed by atoms with Crippen LogP contribution in [0.3, 0.4) is 0 Å². The third-order valence-electron chi connectivity index (χ3n) is 3.65. The summed E-state index contributed by atoms with van der Waals surface area (Å²) in [6, 6.07) is 9.39. The Hall–Kier alpha value is -2.08. The summed E-state index contributed by atoms with van der Waals surface area (Å²) in [5.74, 6) is 0.874. The molecule has 1 aromatic carbocycles. The summed E-state index contributed by atoms with van der Waals surface area (Å²) in [5, 5.41) is 18.4. The lowest BCUT2D eigenvalue weighted by Crippen LogP contribution is -2.29. The van der Waals surface area contributed by atoms with Crippen molar-refractivity contribution in [2.75, 3.05) is 33.1 Å². The SMILES string of the molecule is COCCn1c(SCC(=O)N(C)CCC#N)nnc1-c1ccc(Cl)cc1. The van der Waals surface area contributed by atoms with Crippen LogP contribution in [0.15, 0.2) is 29.4 Å². The number of nitriles is 1. The molecule has 0 aliphatic rings. The first-order valence-electron chi connectivity index (χ1n) is 7.98. The van der Waals surface area contributed by atoms with E-state index in [1.165, 1.54) is 11.8 Å². The van der Waals surface area contributed by atoms with E-state index in [-0.39, 0.29) is 11.7 Å². The van der Waals surface area contributed by atoms with Gasteiger partial charge >= 0.3 is 0 Å². The second-order valence-electron chi connectivity index (χ2n) is 5.47. The molecule has 9 heteroatoms. The second-order valence-corrected chi connectivity index (χ2v) is 6.85. The molecule has 2 aromatic rings. The topological polar surface area (TPSA) is 84.0 Å². The number of nitrogens with zero attached hydrogens (tertiary/aromatic N) is 5. The number of methoxy groups -OCH3 is 1. The maximum atomic E-state index is 12.2. The highest BCUT2D eigenvalue weighted by atomic mass is 35.5. The molecule has 1 heterocycles. The van der Waals surface area contributed by atoms with Gasteiger partial charge in [0.05, 0.1) is 31.4 Å². The van der Waals surface area contributed by atoms with Gasteiger partial charge in [0.1, 0.15) is 0 Å². The van der Waals surface area contributed by atoms with Gasteiger partial charge in [0.2, 0.25) is 5.91 Å². The van der Waals surface area contributed by atoms with Gasteiger partial charge in [-0.25, -0.2) is 0 Å². The van der Waals surface area contributed by atoms with Crippen LogP contribution in [0, 0.1) is 11.3 Å². The molecule has 7 nitrogen and oxygen atoms in total. The van der Waals surface area contributed by atoms with E-state index in [1.807, 2.05) is 22.8 Å². The number of ether oxygens (including phenoxy) is 1. The minimum Gasteiger partial charge on any atom is -0.383 e. The molecule has 0 saturated carbocycles. The first-order chi connectivity index (χ1) is 12.6. The quantitative estimate of drug-likeness (QED) is 0.609. The van der Waals surface area contributed by atoms with Crippen LogP contribution in [0.25, 0.3) is 11.4 Å². The van der Waals surface area contributed by atoms with Crippen molar-refractivity contribution in [1.82, 2.24) is 19.7 Å². The Bertz CT molecular complexity index is 772. The third-order valence-corrected chi connectivity index (χ3v) is 4.85. The Morgan fingerprint density at radius 2 is 2.12 bits per heavy atom. The Balaban J connectivity index is 2.14. The summed E-state index contributed by atoms with van der Waals surface area (Å²) in [7, 11) is 3.32. The maximum Gasteiger partial charge on any atom is 0.232 e. The molecule has 0 radical (unpaired) electrons. The average Bonchev–Trinajstić information content (AvgIpc) is 3.05. The van der Waals surface area contributed by atoms with E-state index >= 15 is 0 Å². The zero-order chi connectivity index (χ0) is 18.9. The highest BCUT2D eigenvalue weighted by Gasteiger charge is 2.17. The van der Waals surface area contributed by atoms with Gasteiger partial charge in [-0.15, -0.1) is 10.2 Å². The number of hydrogen-bond donors (Lipinski definition) is 0. The number of carbonyl (C=O) groups excluding carboxylic acids is 1. The van der Waals surface area contributed by atoms with Gasteiger partial charge in [-0.1, -0.05) is 23.4 Å². The number of halogens is 1. The highest BCUT2D eigenvalue weighted by molar-refractivity contribution is 7.99. The summed E-state index contributed by atoms with van der Waals surface area (Å²) in [5.41, 5.74) is 0.891. The molecule has 0 fully saturated rings. The fourth-order valence-corrected chi connectivity index (χ4v) is 3.20. The molecular weight excluding hydrogens is 374 g/mol. The molecule has 0 N–H and O–H groups in total. The summed E-state index contributed by atoms with van der Waals surface area (Å²) in [6.07, 6.45) is 0.317. The first kappa shape index (κ1) is 20.2. The Labute approximate surface area is 161 Å². The highest BCUT2D eigenvalue weighted by Crippen LogP contribution is 2.25. The van der Waals surface area contributed by atoms with Crippen LogP contribution in [0.1, 0.15) is 6.42 Å². The van der Waals surface area contributed by atoms with Crippen LogP contribution in [-0.4, -0.2) is 58.6 Å². The number of thioether (sulfide) groups is 1. The number of aromatic nitrogens is 3. The van der Waals surface area contributed by atoms with Crippen LogP contribution < -0.4 is 0 Å². The van der Waals surface area contributed by atoms with Crippen molar-refractivity contribution in [1.29, 1.82) is 5.26 Å². The third kappa shape index (κ3) is 5.46. The normalized spacial score (nSPS) is 10.5. The van der Waals surface area contributed by atoms with Crippen molar-refractivity contribution >= 4 is 29.3 Å². The van der Waals surface area contributed by atoms with Gasteiger partial charge in [0.15, 0.2) is 11.0 Å². The molecule has 0 unspecified atom stereocenters. The molecular formula is C17H20ClN5O2S. The van der Waals surface area contributed by atoms with Crippen molar-refractivity contribution in [3.8, 4) is 17.5 Å². The van der Waals surface area contributed by atoms with Gasteiger partial charge in [-0.3, -0.25) is 9.36 Å². The van der Waals surface area contributed by atoms with Gasteiger partial charge < -0.3 is 9.64 Å². The van der Waals surface area contributed by atoms with Crippen LogP contribution in [0.2, 0.25) is 5.02 Å². The minimum absolute atomic E-state index is 0.0559. The molecule has 0 aliphatic heterocycles.